The molecule has 1 aliphatic rings. The van der Waals surface area contributed by atoms with Crippen LogP contribution in [0.3, 0.4) is 0 Å². The number of isothiocyanates is 1. The zero-order valence-electron chi connectivity index (χ0n) is 10.1. The number of hydrogen-bond acceptors (Lipinski definition) is 3. The molecule has 1 saturated carbocycles. The third-order valence-corrected chi connectivity index (χ3v) is 3.64. The van der Waals surface area contributed by atoms with E-state index >= 15 is 0 Å². The van der Waals surface area contributed by atoms with Crippen LogP contribution < -0.4 is 4.74 Å². The lowest BCUT2D eigenvalue weighted by Gasteiger charge is -2.41. The van der Waals surface area contributed by atoms with Gasteiger partial charge in [-0.3, -0.25) is 0 Å². The molecule has 0 unspecified atom stereocenters. The van der Waals surface area contributed by atoms with E-state index in [2.05, 4.69) is 40.6 Å². The van der Waals surface area contributed by atoms with Gasteiger partial charge in [-0.15, -0.1) is 0 Å². The number of ether oxygens (including phenoxy) is 1. The molecule has 0 saturated heterocycles. The van der Waals surface area contributed by atoms with Crippen LogP contribution in [0, 0.1) is 0 Å². The molecular formula is C14H17NOS. The number of benzene rings is 1. The molecule has 1 fully saturated rings. The molecule has 0 atom stereocenters. The highest BCUT2D eigenvalue weighted by atomic mass is 32.1. The van der Waals surface area contributed by atoms with Gasteiger partial charge in [-0.2, -0.15) is 0 Å². The molecule has 0 amide bonds. The minimum atomic E-state index is 0.179. The van der Waals surface area contributed by atoms with Gasteiger partial charge < -0.3 is 4.74 Å². The summed E-state index contributed by atoms with van der Waals surface area (Å²) in [6.07, 6.45) is 3.64. The Balaban J connectivity index is 2.24. The van der Waals surface area contributed by atoms with Crippen molar-refractivity contribution in [1.29, 1.82) is 0 Å². The van der Waals surface area contributed by atoms with E-state index < -0.39 is 0 Å². The standard InChI is InChI=1S/C14H17NOS/c1-2-16-13-6-3-5-12(9-13)14(7-4-8-14)10-15-11-17/h3,5-6,9H,2,4,7-8,10H2,1H3. The van der Waals surface area contributed by atoms with Crippen LogP contribution in [0.1, 0.15) is 31.7 Å². The van der Waals surface area contributed by atoms with Gasteiger partial charge in [0, 0.05) is 5.41 Å². The van der Waals surface area contributed by atoms with Gasteiger partial charge in [-0.05, 0) is 49.7 Å². The van der Waals surface area contributed by atoms with Crippen LogP contribution in [0.25, 0.3) is 0 Å². The van der Waals surface area contributed by atoms with Gasteiger partial charge >= 0.3 is 0 Å². The van der Waals surface area contributed by atoms with Crippen LogP contribution in [0.15, 0.2) is 29.3 Å². The molecule has 0 bridgehead atoms. The predicted octanol–water partition coefficient (Wildman–Crippen LogP) is 3.61. The molecule has 0 spiro atoms. The van der Waals surface area contributed by atoms with E-state index in [1.165, 1.54) is 24.8 Å². The van der Waals surface area contributed by atoms with E-state index in [0.717, 1.165) is 12.3 Å². The summed E-state index contributed by atoms with van der Waals surface area (Å²) in [6, 6.07) is 8.37. The number of nitrogens with zero attached hydrogens (tertiary/aromatic N) is 1. The second kappa shape index (κ2) is 5.44. The van der Waals surface area contributed by atoms with E-state index in [1.54, 1.807) is 0 Å². The Morgan fingerprint density at radius 3 is 2.88 bits per heavy atom. The quantitative estimate of drug-likeness (QED) is 0.585. The third-order valence-electron chi connectivity index (χ3n) is 3.51. The molecule has 1 aromatic rings. The van der Waals surface area contributed by atoms with Crippen LogP contribution in [-0.4, -0.2) is 18.3 Å². The lowest BCUT2D eigenvalue weighted by atomic mass is 9.64. The highest BCUT2D eigenvalue weighted by molar-refractivity contribution is 7.78. The molecular weight excluding hydrogens is 230 g/mol. The molecule has 17 heavy (non-hydrogen) atoms. The maximum atomic E-state index is 5.55. The monoisotopic (exact) mass is 247 g/mol. The van der Waals surface area contributed by atoms with Gasteiger partial charge in [-0.1, -0.05) is 18.6 Å². The van der Waals surface area contributed by atoms with E-state index in [-0.39, 0.29) is 5.41 Å². The van der Waals surface area contributed by atoms with Crippen LogP contribution in [0.2, 0.25) is 0 Å². The van der Waals surface area contributed by atoms with Gasteiger partial charge in [0.1, 0.15) is 5.75 Å². The fourth-order valence-corrected chi connectivity index (χ4v) is 2.47. The first-order valence-electron chi connectivity index (χ1n) is 6.08. The second-order valence-corrected chi connectivity index (χ2v) is 4.68. The average molecular weight is 247 g/mol. The van der Waals surface area contributed by atoms with Crippen LogP contribution in [0.5, 0.6) is 5.75 Å². The fraction of sp³-hybridized carbons (Fsp3) is 0.500. The predicted molar refractivity (Wildman–Crippen MR) is 73.0 cm³/mol. The molecule has 1 aliphatic carbocycles. The lowest BCUT2D eigenvalue weighted by molar-refractivity contribution is 0.252. The van der Waals surface area contributed by atoms with E-state index in [4.69, 9.17) is 4.74 Å². The van der Waals surface area contributed by atoms with Crippen molar-refractivity contribution in [1.82, 2.24) is 0 Å². The number of aliphatic imine (C=N–C) groups is 1. The van der Waals surface area contributed by atoms with Crippen molar-refractivity contribution in [2.45, 2.75) is 31.6 Å². The summed E-state index contributed by atoms with van der Waals surface area (Å²) in [5, 5.41) is 2.48. The van der Waals surface area contributed by atoms with E-state index in [0.29, 0.717) is 6.61 Å². The van der Waals surface area contributed by atoms with Crippen LogP contribution in [0.4, 0.5) is 0 Å². The van der Waals surface area contributed by atoms with Crippen molar-refractivity contribution in [2.24, 2.45) is 4.99 Å². The van der Waals surface area contributed by atoms with Crippen LogP contribution in [-0.2, 0) is 5.41 Å². The summed E-state index contributed by atoms with van der Waals surface area (Å²) in [7, 11) is 0. The Morgan fingerprint density at radius 2 is 2.29 bits per heavy atom. The van der Waals surface area contributed by atoms with Gasteiger partial charge in [-0.25, -0.2) is 4.99 Å². The van der Waals surface area contributed by atoms with Crippen LogP contribution >= 0.6 is 12.2 Å². The molecule has 3 heteroatoms. The molecule has 0 radical (unpaired) electrons. The van der Waals surface area contributed by atoms with Crippen molar-refractivity contribution in [3.63, 3.8) is 0 Å². The van der Waals surface area contributed by atoms with E-state index in [9.17, 15) is 0 Å². The Labute approximate surface area is 108 Å². The van der Waals surface area contributed by atoms with E-state index in [1.807, 2.05) is 13.0 Å². The van der Waals surface area contributed by atoms with Gasteiger partial charge in [0.05, 0.1) is 18.3 Å². The van der Waals surface area contributed by atoms with Gasteiger partial charge in [0.15, 0.2) is 0 Å². The minimum Gasteiger partial charge on any atom is -0.494 e. The number of rotatable bonds is 5. The zero-order chi connectivity index (χ0) is 12.1. The Hall–Kier alpha value is -1.18. The summed E-state index contributed by atoms with van der Waals surface area (Å²) < 4.78 is 5.55. The molecule has 0 heterocycles. The van der Waals surface area contributed by atoms with Gasteiger partial charge in [0.25, 0.3) is 0 Å². The maximum absolute atomic E-state index is 5.55. The summed E-state index contributed by atoms with van der Waals surface area (Å²) in [5.74, 6) is 0.947. The van der Waals surface area contributed by atoms with Crippen molar-refractivity contribution in [2.75, 3.05) is 13.2 Å². The normalized spacial score (nSPS) is 16.8. The molecule has 0 aromatic heterocycles. The maximum Gasteiger partial charge on any atom is 0.119 e. The highest BCUT2D eigenvalue weighted by Crippen LogP contribution is 2.44. The first kappa shape index (κ1) is 12.3. The lowest BCUT2D eigenvalue weighted by Crippen LogP contribution is -2.37. The summed E-state index contributed by atoms with van der Waals surface area (Å²) in [6.45, 7) is 3.46. The molecule has 0 N–H and O–H groups in total. The zero-order valence-corrected chi connectivity index (χ0v) is 10.9. The molecule has 2 rings (SSSR count). The largest absolute Gasteiger partial charge is 0.494 e. The smallest absolute Gasteiger partial charge is 0.119 e. The topological polar surface area (TPSA) is 21.6 Å². The number of thiocarbonyl (C=S) groups is 1. The Kier molecular flexibility index (Phi) is 3.93. The SMILES string of the molecule is CCOc1cccc(C2(CN=C=S)CCC2)c1. The number of hydrogen-bond donors (Lipinski definition) is 0. The summed E-state index contributed by atoms with van der Waals surface area (Å²) >= 11 is 4.67. The Bertz CT molecular complexity index is 434. The van der Waals surface area contributed by atoms with Crippen molar-refractivity contribution in [3.8, 4) is 5.75 Å². The van der Waals surface area contributed by atoms with Crippen molar-refractivity contribution < 1.29 is 4.74 Å². The van der Waals surface area contributed by atoms with Crippen molar-refractivity contribution in [3.05, 3.63) is 29.8 Å². The first-order chi connectivity index (χ1) is 8.30. The minimum absolute atomic E-state index is 0.179. The fourth-order valence-electron chi connectivity index (χ4n) is 2.41. The first-order valence-corrected chi connectivity index (χ1v) is 6.48. The third kappa shape index (κ3) is 2.56. The molecule has 1 aromatic carbocycles. The molecule has 0 aliphatic heterocycles. The second-order valence-electron chi connectivity index (χ2n) is 4.50. The summed E-state index contributed by atoms with van der Waals surface area (Å²) in [4.78, 5) is 4.14. The molecule has 2 nitrogen and oxygen atoms in total. The summed E-state index contributed by atoms with van der Waals surface area (Å²) in [5.41, 5.74) is 1.50. The Morgan fingerprint density at radius 1 is 1.47 bits per heavy atom. The van der Waals surface area contributed by atoms with Crippen molar-refractivity contribution >= 4 is 17.4 Å². The highest BCUT2D eigenvalue weighted by Gasteiger charge is 2.38. The molecule has 90 valence electrons. The van der Waals surface area contributed by atoms with Gasteiger partial charge in [0.2, 0.25) is 0 Å². The average Bonchev–Trinajstić information content (AvgIpc) is 2.29.